The fourth-order valence-electron chi connectivity index (χ4n) is 4.12. The molecule has 1 fully saturated rings. The minimum absolute atomic E-state index is 0.0148. The number of likely N-dealkylation sites (N-methyl/N-ethyl adjacent to an activating group) is 1. The van der Waals surface area contributed by atoms with Gasteiger partial charge >= 0.3 is 0 Å². The van der Waals surface area contributed by atoms with Crippen molar-refractivity contribution in [3.8, 4) is 5.88 Å². The van der Waals surface area contributed by atoms with Gasteiger partial charge in [0.15, 0.2) is 0 Å². The third kappa shape index (κ3) is 6.26. The third-order valence-corrected chi connectivity index (χ3v) is 5.94. The summed E-state index contributed by atoms with van der Waals surface area (Å²) >= 11 is 0. The van der Waals surface area contributed by atoms with Gasteiger partial charge in [-0.2, -0.15) is 0 Å². The van der Waals surface area contributed by atoms with Gasteiger partial charge < -0.3 is 24.8 Å². The number of halogens is 1. The number of pyridine rings is 1. The number of anilines is 2. The Morgan fingerprint density at radius 1 is 1.23 bits per heavy atom. The molecule has 0 spiro atoms. The van der Waals surface area contributed by atoms with Gasteiger partial charge in [0.1, 0.15) is 5.82 Å². The molecule has 188 valence electrons. The van der Waals surface area contributed by atoms with Crippen LogP contribution in [0.1, 0.15) is 31.1 Å². The average molecular weight is 486 g/mol. The number of hydrogen-bond acceptors (Lipinski definition) is 6. The van der Waals surface area contributed by atoms with Crippen molar-refractivity contribution in [3.05, 3.63) is 47.9 Å². The number of methoxy groups -OCH3 is 1. The lowest BCUT2D eigenvalue weighted by atomic mass is 10.1. The number of nitrogens with zero attached hydrogens (tertiary/aromatic N) is 4. The third-order valence-electron chi connectivity index (χ3n) is 5.94. The van der Waals surface area contributed by atoms with E-state index in [-0.39, 0.29) is 35.9 Å². The van der Waals surface area contributed by atoms with Gasteiger partial charge in [0.25, 0.3) is 5.91 Å². The molecule has 1 aliphatic rings. The van der Waals surface area contributed by atoms with Gasteiger partial charge in [-0.1, -0.05) is 13.8 Å². The van der Waals surface area contributed by atoms with Gasteiger partial charge in [-0.05, 0) is 31.2 Å². The molecule has 0 saturated carbocycles. The highest BCUT2D eigenvalue weighted by Crippen LogP contribution is 2.26. The molecule has 35 heavy (non-hydrogen) atoms. The Hall–Kier alpha value is -3.69. The van der Waals surface area contributed by atoms with Crippen LogP contribution < -0.4 is 15.0 Å². The lowest BCUT2D eigenvalue weighted by Gasteiger charge is -2.42. The van der Waals surface area contributed by atoms with E-state index < -0.39 is 11.7 Å². The maximum atomic E-state index is 14.1. The molecule has 3 rings (SSSR count). The predicted molar refractivity (Wildman–Crippen MR) is 131 cm³/mol. The summed E-state index contributed by atoms with van der Waals surface area (Å²) in [6.45, 7) is 6.87. The Morgan fingerprint density at radius 2 is 1.97 bits per heavy atom. The molecular formula is C25H32FN5O4. The van der Waals surface area contributed by atoms with E-state index in [9.17, 15) is 18.8 Å². The number of aromatic nitrogens is 1. The molecule has 1 aliphatic heterocycles. The Kier molecular flexibility index (Phi) is 8.26. The smallest absolute Gasteiger partial charge is 0.257 e. The first-order chi connectivity index (χ1) is 16.6. The molecule has 10 heteroatoms. The summed E-state index contributed by atoms with van der Waals surface area (Å²) in [7, 11) is 3.10. The second-order valence-corrected chi connectivity index (χ2v) is 8.93. The van der Waals surface area contributed by atoms with Gasteiger partial charge in [-0.25, -0.2) is 9.37 Å². The van der Waals surface area contributed by atoms with Crippen molar-refractivity contribution >= 4 is 29.1 Å². The summed E-state index contributed by atoms with van der Waals surface area (Å²) in [5.74, 6) is -1.04. The summed E-state index contributed by atoms with van der Waals surface area (Å²) in [6.07, 6.45) is 1.50. The topological polar surface area (TPSA) is 95.1 Å². The number of hydrogen-bond donors (Lipinski definition) is 1. The highest BCUT2D eigenvalue weighted by atomic mass is 19.1. The van der Waals surface area contributed by atoms with Crippen LogP contribution in [0.15, 0.2) is 36.5 Å². The minimum atomic E-state index is -0.522. The molecule has 1 atom stereocenters. The lowest BCUT2D eigenvalue weighted by Crippen LogP contribution is -2.56. The summed E-state index contributed by atoms with van der Waals surface area (Å²) in [5.41, 5.74) is 1.24. The van der Waals surface area contributed by atoms with Crippen molar-refractivity contribution in [1.29, 1.82) is 0 Å². The number of nitrogens with one attached hydrogen (secondary N) is 1. The van der Waals surface area contributed by atoms with E-state index >= 15 is 0 Å². The van der Waals surface area contributed by atoms with Crippen molar-refractivity contribution in [1.82, 2.24) is 14.8 Å². The summed E-state index contributed by atoms with van der Waals surface area (Å²) in [6, 6.07) is 7.13. The number of rotatable bonds is 7. The highest BCUT2D eigenvalue weighted by Gasteiger charge is 2.30. The number of carbonyl (C=O) groups is 3. The van der Waals surface area contributed by atoms with Crippen LogP contribution >= 0.6 is 0 Å². The van der Waals surface area contributed by atoms with Gasteiger partial charge in [-0.3, -0.25) is 14.4 Å². The van der Waals surface area contributed by atoms with E-state index in [0.717, 1.165) is 0 Å². The van der Waals surface area contributed by atoms with Gasteiger partial charge in [0, 0.05) is 62.3 Å². The molecular weight excluding hydrogens is 453 g/mol. The second kappa shape index (κ2) is 11.2. The fourth-order valence-corrected chi connectivity index (χ4v) is 4.12. The van der Waals surface area contributed by atoms with Crippen LogP contribution in [0, 0.1) is 11.7 Å². The number of piperazine rings is 1. The van der Waals surface area contributed by atoms with E-state index in [2.05, 4.69) is 10.3 Å². The largest absolute Gasteiger partial charge is 0.481 e. The molecule has 9 nitrogen and oxygen atoms in total. The van der Waals surface area contributed by atoms with Crippen LogP contribution in [0.5, 0.6) is 5.88 Å². The normalized spacial score (nSPS) is 15.7. The fraction of sp³-hybridized carbons (Fsp3) is 0.440. The molecule has 1 saturated heterocycles. The zero-order valence-electron chi connectivity index (χ0n) is 20.7. The van der Waals surface area contributed by atoms with Crippen molar-refractivity contribution < 1.29 is 23.5 Å². The van der Waals surface area contributed by atoms with E-state index in [4.69, 9.17) is 4.74 Å². The quantitative estimate of drug-likeness (QED) is 0.648. The van der Waals surface area contributed by atoms with E-state index in [1.165, 1.54) is 30.3 Å². The Bertz CT molecular complexity index is 1090. The number of ether oxygens (including phenoxy) is 1. The van der Waals surface area contributed by atoms with Crippen LogP contribution in [-0.4, -0.2) is 78.9 Å². The van der Waals surface area contributed by atoms with E-state index in [0.29, 0.717) is 36.9 Å². The van der Waals surface area contributed by atoms with Gasteiger partial charge in [0.05, 0.1) is 19.2 Å². The Balaban J connectivity index is 1.73. The first-order valence-electron chi connectivity index (χ1n) is 11.5. The molecule has 0 aliphatic carbocycles. The molecule has 0 bridgehead atoms. The molecule has 1 aromatic heterocycles. The zero-order valence-corrected chi connectivity index (χ0v) is 20.7. The summed E-state index contributed by atoms with van der Waals surface area (Å²) in [4.78, 5) is 47.2. The molecule has 1 aromatic carbocycles. The van der Waals surface area contributed by atoms with Crippen LogP contribution in [0.4, 0.5) is 15.8 Å². The Morgan fingerprint density at radius 3 is 2.63 bits per heavy atom. The first-order valence-corrected chi connectivity index (χ1v) is 11.5. The van der Waals surface area contributed by atoms with Crippen LogP contribution in [-0.2, 0) is 9.59 Å². The number of carbonyl (C=O) groups excluding carboxylic acids is 3. The molecule has 2 aromatic rings. The van der Waals surface area contributed by atoms with Crippen molar-refractivity contribution in [2.45, 2.75) is 26.8 Å². The first kappa shape index (κ1) is 25.9. The zero-order chi connectivity index (χ0) is 25.7. The molecule has 0 radical (unpaired) electrons. The van der Waals surface area contributed by atoms with E-state index in [1.807, 2.05) is 11.8 Å². The summed E-state index contributed by atoms with van der Waals surface area (Å²) in [5, 5.41) is 2.76. The molecule has 0 unspecified atom stereocenters. The van der Waals surface area contributed by atoms with Gasteiger partial charge in [0.2, 0.25) is 17.7 Å². The number of benzene rings is 1. The number of amides is 3. The van der Waals surface area contributed by atoms with Crippen molar-refractivity contribution in [3.63, 3.8) is 0 Å². The maximum Gasteiger partial charge on any atom is 0.257 e. The maximum absolute atomic E-state index is 14.1. The van der Waals surface area contributed by atoms with Crippen LogP contribution in [0.3, 0.4) is 0 Å². The SMILES string of the molecule is COc1cc(NC(=O)c2cc(F)ccc2N2CCN(C(=O)CN(C)C(=O)C(C)C)[C@H](C)C2)ccn1. The monoisotopic (exact) mass is 485 g/mol. The summed E-state index contributed by atoms with van der Waals surface area (Å²) < 4.78 is 19.2. The van der Waals surface area contributed by atoms with Crippen molar-refractivity contribution in [2.24, 2.45) is 5.92 Å². The molecule has 3 amide bonds. The van der Waals surface area contributed by atoms with Crippen molar-refractivity contribution in [2.75, 3.05) is 50.6 Å². The Labute approximate surface area is 204 Å². The predicted octanol–water partition coefficient (Wildman–Crippen LogP) is 2.63. The standard InChI is InChI=1S/C25H32FN5O4/c1-16(2)25(34)29(4)15-23(32)31-11-10-30(14-17(31)3)21-7-6-18(26)12-20(21)24(33)28-19-8-9-27-22(13-19)35-5/h6-9,12-13,16-17H,10-11,14-15H2,1-5H3,(H,27,28,33)/t17-/m1/s1. The van der Waals surface area contributed by atoms with Gasteiger partial charge in [-0.15, -0.1) is 0 Å². The lowest BCUT2D eigenvalue weighted by molar-refractivity contribution is -0.142. The van der Waals surface area contributed by atoms with E-state index in [1.54, 1.807) is 44.0 Å². The highest BCUT2D eigenvalue weighted by molar-refractivity contribution is 6.08. The second-order valence-electron chi connectivity index (χ2n) is 8.93. The minimum Gasteiger partial charge on any atom is -0.481 e. The van der Waals surface area contributed by atoms with Crippen LogP contribution in [0.25, 0.3) is 0 Å². The van der Waals surface area contributed by atoms with Crippen LogP contribution in [0.2, 0.25) is 0 Å². The molecule has 1 N–H and O–H groups in total. The molecule has 2 heterocycles. The average Bonchev–Trinajstić information content (AvgIpc) is 2.83.